The largest absolute Gasteiger partial charge is 0.507 e. The van der Waals surface area contributed by atoms with Gasteiger partial charge in [0.25, 0.3) is 11.7 Å². The number of rotatable bonds is 6. The Labute approximate surface area is 172 Å². The lowest BCUT2D eigenvalue weighted by Gasteiger charge is -2.25. The van der Waals surface area contributed by atoms with Crippen LogP contribution in [0.3, 0.4) is 0 Å². The first-order valence-electron chi connectivity index (χ1n) is 8.79. The zero-order valence-electron chi connectivity index (χ0n) is 15.9. The molecule has 7 nitrogen and oxygen atoms in total. The van der Waals surface area contributed by atoms with Crippen LogP contribution >= 0.6 is 11.6 Å². The molecule has 1 amide bonds. The zero-order chi connectivity index (χ0) is 21.1. The molecule has 29 heavy (non-hydrogen) atoms. The Morgan fingerprint density at radius 2 is 1.83 bits per heavy atom. The molecule has 2 aromatic carbocycles. The quantitative estimate of drug-likeness (QED) is 0.426. The van der Waals surface area contributed by atoms with Crippen LogP contribution in [-0.2, 0) is 14.3 Å². The van der Waals surface area contributed by atoms with Gasteiger partial charge in [0.1, 0.15) is 5.76 Å². The number of phenols is 1. The van der Waals surface area contributed by atoms with Crippen LogP contribution in [-0.4, -0.2) is 54.2 Å². The fourth-order valence-corrected chi connectivity index (χ4v) is 3.40. The lowest BCUT2D eigenvalue weighted by Crippen LogP contribution is -2.32. The highest BCUT2D eigenvalue weighted by molar-refractivity contribution is 6.46. The van der Waals surface area contributed by atoms with Crippen LogP contribution in [0.1, 0.15) is 17.2 Å². The van der Waals surface area contributed by atoms with Gasteiger partial charge in [0.2, 0.25) is 0 Å². The molecule has 8 heteroatoms. The highest BCUT2D eigenvalue weighted by Gasteiger charge is 2.46. The van der Waals surface area contributed by atoms with Gasteiger partial charge in [-0.15, -0.1) is 0 Å². The highest BCUT2D eigenvalue weighted by atomic mass is 35.5. The summed E-state index contributed by atoms with van der Waals surface area (Å²) < 4.78 is 10.2. The summed E-state index contributed by atoms with van der Waals surface area (Å²) in [7, 11) is 2.89. The molecular formula is C21H20ClNO6. The van der Waals surface area contributed by atoms with Crippen molar-refractivity contribution in [3.63, 3.8) is 0 Å². The number of aliphatic hydroxyl groups excluding tert-OH is 1. The summed E-state index contributed by atoms with van der Waals surface area (Å²) in [5.74, 6) is -1.74. The summed E-state index contributed by atoms with van der Waals surface area (Å²) in [5, 5.41) is 21.3. The van der Waals surface area contributed by atoms with Gasteiger partial charge in [0, 0.05) is 24.2 Å². The van der Waals surface area contributed by atoms with E-state index in [-0.39, 0.29) is 36.0 Å². The van der Waals surface area contributed by atoms with Crippen molar-refractivity contribution < 1.29 is 29.3 Å². The van der Waals surface area contributed by atoms with Crippen molar-refractivity contribution in [2.24, 2.45) is 0 Å². The van der Waals surface area contributed by atoms with E-state index in [4.69, 9.17) is 21.1 Å². The van der Waals surface area contributed by atoms with Crippen LogP contribution in [0.4, 0.5) is 0 Å². The maximum absolute atomic E-state index is 12.8. The number of nitrogens with zero attached hydrogens (tertiary/aromatic N) is 1. The number of hydrogen-bond acceptors (Lipinski definition) is 6. The molecule has 1 saturated heterocycles. The molecule has 2 N–H and O–H groups in total. The third-order valence-corrected chi connectivity index (χ3v) is 4.97. The van der Waals surface area contributed by atoms with Crippen LogP contribution in [0.2, 0.25) is 5.02 Å². The summed E-state index contributed by atoms with van der Waals surface area (Å²) in [6.07, 6.45) is 0. The lowest BCUT2D eigenvalue weighted by molar-refractivity contribution is -0.140. The van der Waals surface area contributed by atoms with Crippen molar-refractivity contribution in [1.29, 1.82) is 0 Å². The maximum Gasteiger partial charge on any atom is 0.295 e. The van der Waals surface area contributed by atoms with Gasteiger partial charge >= 0.3 is 0 Å². The summed E-state index contributed by atoms with van der Waals surface area (Å²) in [6, 6.07) is 9.93. The third kappa shape index (κ3) is 3.92. The van der Waals surface area contributed by atoms with Crippen LogP contribution in [0.5, 0.6) is 11.5 Å². The number of carbonyl (C=O) groups is 2. The highest BCUT2D eigenvalue weighted by Crippen LogP contribution is 2.41. The van der Waals surface area contributed by atoms with Gasteiger partial charge in [0.05, 0.1) is 25.3 Å². The molecule has 0 aromatic heterocycles. The van der Waals surface area contributed by atoms with Crippen molar-refractivity contribution >= 4 is 29.1 Å². The van der Waals surface area contributed by atoms with E-state index in [1.54, 1.807) is 30.3 Å². The van der Waals surface area contributed by atoms with Crippen molar-refractivity contribution in [2.45, 2.75) is 6.04 Å². The smallest absolute Gasteiger partial charge is 0.295 e. The molecule has 1 aliphatic heterocycles. The number of Topliss-reactive ketones (excluding diaryl/α,β-unsaturated/α-hetero) is 1. The minimum atomic E-state index is -0.865. The Kier molecular flexibility index (Phi) is 6.10. The monoisotopic (exact) mass is 417 g/mol. The number of carbonyl (C=O) groups excluding carboxylic acids is 2. The molecular weight excluding hydrogens is 398 g/mol. The van der Waals surface area contributed by atoms with Crippen molar-refractivity contribution in [3.8, 4) is 11.5 Å². The predicted molar refractivity (Wildman–Crippen MR) is 107 cm³/mol. The Hall–Kier alpha value is -3.03. The number of ether oxygens (including phenoxy) is 2. The maximum atomic E-state index is 12.8. The molecule has 1 fully saturated rings. The Balaban J connectivity index is 2.18. The van der Waals surface area contributed by atoms with Crippen LogP contribution < -0.4 is 4.74 Å². The van der Waals surface area contributed by atoms with E-state index < -0.39 is 17.7 Å². The number of benzene rings is 2. The fourth-order valence-electron chi connectivity index (χ4n) is 3.27. The number of halogens is 1. The first-order valence-corrected chi connectivity index (χ1v) is 9.17. The average molecular weight is 418 g/mol. The van der Waals surface area contributed by atoms with E-state index in [2.05, 4.69) is 0 Å². The molecule has 0 bridgehead atoms. The molecule has 0 saturated carbocycles. The molecule has 2 aromatic rings. The van der Waals surface area contributed by atoms with Crippen LogP contribution in [0.25, 0.3) is 5.76 Å². The SMILES string of the molecule is COCCN1C(=O)C(=O)/C(=C(/O)c2ccc(Cl)cc2)[C@@H]1c1ccc(O)c(OC)c1. The Morgan fingerprint density at radius 3 is 2.45 bits per heavy atom. The molecule has 0 aliphatic carbocycles. The zero-order valence-corrected chi connectivity index (χ0v) is 16.6. The van der Waals surface area contributed by atoms with E-state index >= 15 is 0 Å². The second-order valence-corrected chi connectivity index (χ2v) is 6.86. The van der Waals surface area contributed by atoms with E-state index in [1.165, 1.54) is 31.3 Å². The molecule has 152 valence electrons. The topological polar surface area (TPSA) is 96.3 Å². The number of aliphatic hydroxyl groups is 1. The van der Waals surface area contributed by atoms with Gasteiger partial charge in [-0.25, -0.2) is 0 Å². The number of hydrogen-bond donors (Lipinski definition) is 2. The molecule has 1 atom stereocenters. The van der Waals surface area contributed by atoms with Gasteiger partial charge in [-0.2, -0.15) is 0 Å². The van der Waals surface area contributed by atoms with E-state index in [0.717, 1.165) is 0 Å². The fraction of sp³-hybridized carbons (Fsp3) is 0.238. The van der Waals surface area contributed by atoms with E-state index in [9.17, 15) is 19.8 Å². The molecule has 0 unspecified atom stereocenters. The number of likely N-dealkylation sites (tertiary alicyclic amines) is 1. The predicted octanol–water partition coefficient (Wildman–Crippen LogP) is 3.12. The van der Waals surface area contributed by atoms with Crippen LogP contribution in [0.15, 0.2) is 48.0 Å². The van der Waals surface area contributed by atoms with Gasteiger partial charge in [-0.1, -0.05) is 17.7 Å². The second-order valence-electron chi connectivity index (χ2n) is 6.42. The van der Waals surface area contributed by atoms with E-state index in [1.807, 2.05) is 0 Å². The number of methoxy groups -OCH3 is 2. The van der Waals surface area contributed by atoms with Gasteiger partial charge in [0.15, 0.2) is 11.5 Å². The van der Waals surface area contributed by atoms with Crippen molar-refractivity contribution in [2.75, 3.05) is 27.4 Å². The van der Waals surface area contributed by atoms with Gasteiger partial charge in [-0.3, -0.25) is 9.59 Å². The number of aromatic hydroxyl groups is 1. The Bertz CT molecular complexity index is 970. The number of phenolic OH excluding ortho intramolecular Hbond substituents is 1. The molecule has 3 rings (SSSR count). The Morgan fingerprint density at radius 1 is 1.14 bits per heavy atom. The summed E-state index contributed by atoms with van der Waals surface area (Å²) in [6.45, 7) is 0.353. The molecule has 0 spiro atoms. The molecule has 1 aliphatic rings. The average Bonchev–Trinajstić information content (AvgIpc) is 2.97. The van der Waals surface area contributed by atoms with Gasteiger partial charge in [-0.05, 0) is 42.0 Å². The summed E-state index contributed by atoms with van der Waals surface area (Å²) in [5.41, 5.74) is 0.807. The standard InChI is InChI=1S/C21H20ClNO6/c1-28-10-9-23-18(13-5-8-15(24)16(11-13)29-2)17(20(26)21(23)27)19(25)12-3-6-14(22)7-4-12/h3-8,11,18,24-25H,9-10H2,1-2H3/b19-17+/t18-/m0/s1. The third-order valence-electron chi connectivity index (χ3n) is 4.71. The van der Waals surface area contributed by atoms with Crippen molar-refractivity contribution in [1.82, 2.24) is 4.90 Å². The summed E-state index contributed by atoms with van der Waals surface area (Å²) >= 11 is 5.90. The number of amides is 1. The first-order chi connectivity index (χ1) is 13.9. The van der Waals surface area contributed by atoms with Gasteiger partial charge < -0.3 is 24.6 Å². The normalized spacial score (nSPS) is 18.3. The van der Waals surface area contributed by atoms with Crippen LogP contribution in [0, 0.1) is 0 Å². The minimum Gasteiger partial charge on any atom is -0.507 e. The number of ketones is 1. The van der Waals surface area contributed by atoms with E-state index in [0.29, 0.717) is 16.1 Å². The molecule has 0 radical (unpaired) electrons. The molecule has 1 heterocycles. The minimum absolute atomic E-state index is 0.0545. The summed E-state index contributed by atoms with van der Waals surface area (Å²) in [4.78, 5) is 26.8. The second kappa shape index (κ2) is 8.55. The first kappa shape index (κ1) is 20.7. The van der Waals surface area contributed by atoms with Crippen molar-refractivity contribution in [3.05, 3.63) is 64.2 Å². The lowest BCUT2D eigenvalue weighted by atomic mass is 9.95.